The molecule has 0 rings (SSSR count). The van der Waals surface area contributed by atoms with Crippen molar-refractivity contribution in [2.45, 2.75) is 65.2 Å². The second-order valence-electron chi connectivity index (χ2n) is 4.46. The summed E-state index contributed by atoms with van der Waals surface area (Å²) in [5.74, 6) is 0. The molecule has 0 amide bonds. The van der Waals surface area contributed by atoms with Crippen LogP contribution in [0.3, 0.4) is 0 Å². The second kappa shape index (κ2) is 22.7. The summed E-state index contributed by atoms with van der Waals surface area (Å²) in [7, 11) is 0. The first-order chi connectivity index (χ1) is 9.54. The molecular formula is C14H31N2NaO2S2. The van der Waals surface area contributed by atoms with Crippen LogP contribution in [-0.4, -0.2) is 23.6 Å². The minimum Gasteiger partial charge on any atom is -1.00 e. The minimum atomic E-state index is 0. The molecule has 7 heteroatoms. The summed E-state index contributed by atoms with van der Waals surface area (Å²) in [5, 5.41) is 0.327. The van der Waals surface area contributed by atoms with Gasteiger partial charge in [-0.1, -0.05) is 52.4 Å². The summed E-state index contributed by atoms with van der Waals surface area (Å²) in [6.07, 6.45) is 9.55. The van der Waals surface area contributed by atoms with Gasteiger partial charge >= 0.3 is 29.6 Å². The third-order valence-corrected chi connectivity index (χ3v) is 2.72. The molecule has 4 N–H and O–H groups in total. The zero-order valence-electron chi connectivity index (χ0n) is 14.9. The first kappa shape index (κ1) is 26.3. The van der Waals surface area contributed by atoms with Crippen LogP contribution in [0.25, 0.3) is 0 Å². The van der Waals surface area contributed by atoms with Gasteiger partial charge in [0.05, 0.1) is 13.2 Å². The van der Waals surface area contributed by atoms with Crippen molar-refractivity contribution in [3.05, 3.63) is 0 Å². The number of nitrogens with two attached hydrogens (primary N) is 2. The van der Waals surface area contributed by atoms with Crippen molar-refractivity contribution in [1.82, 2.24) is 0 Å². The van der Waals surface area contributed by atoms with Crippen LogP contribution in [0.1, 0.15) is 66.6 Å². The maximum Gasteiger partial charge on any atom is 1.00 e. The third kappa shape index (κ3) is 33.3. The zero-order chi connectivity index (χ0) is 15.6. The van der Waals surface area contributed by atoms with E-state index in [2.05, 4.69) is 38.3 Å². The zero-order valence-corrected chi connectivity index (χ0v) is 17.5. The summed E-state index contributed by atoms with van der Waals surface area (Å²) in [4.78, 5) is 0. The van der Waals surface area contributed by atoms with E-state index in [1.807, 2.05) is 0 Å². The molecule has 0 saturated heterocycles. The van der Waals surface area contributed by atoms with Crippen LogP contribution in [0.4, 0.5) is 0 Å². The maximum absolute atomic E-state index is 5.12. The molecule has 21 heavy (non-hydrogen) atoms. The Morgan fingerprint density at radius 3 is 1.33 bits per heavy atom. The van der Waals surface area contributed by atoms with Crippen molar-refractivity contribution in [2.24, 2.45) is 11.5 Å². The Morgan fingerprint density at radius 1 is 0.762 bits per heavy atom. The van der Waals surface area contributed by atoms with Crippen LogP contribution in [0.15, 0.2) is 0 Å². The Labute approximate surface area is 164 Å². The number of hydrogen-bond donors (Lipinski definition) is 2. The van der Waals surface area contributed by atoms with Crippen molar-refractivity contribution < 1.29 is 40.5 Å². The van der Waals surface area contributed by atoms with Crippen LogP contribution in [0.5, 0.6) is 0 Å². The van der Waals surface area contributed by atoms with Crippen molar-refractivity contribution in [3.8, 4) is 0 Å². The van der Waals surface area contributed by atoms with Crippen LogP contribution < -0.4 is 41.0 Å². The van der Waals surface area contributed by atoms with Crippen molar-refractivity contribution >= 4 is 34.8 Å². The molecule has 0 aromatic carbocycles. The van der Waals surface area contributed by atoms with E-state index in [1.165, 1.54) is 38.5 Å². The van der Waals surface area contributed by atoms with E-state index < -0.39 is 0 Å². The molecule has 0 radical (unpaired) electrons. The average Bonchev–Trinajstić information content (AvgIpc) is 2.38. The normalized spacial score (nSPS) is 8.86. The predicted molar refractivity (Wildman–Crippen MR) is 94.9 cm³/mol. The molecule has 0 aliphatic rings. The molecule has 0 aromatic heterocycles. The fourth-order valence-corrected chi connectivity index (χ4v) is 1.57. The van der Waals surface area contributed by atoms with Gasteiger partial charge in [0, 0.05) is 0 Å². The molecule has 0 bridgehead atoms. The van der Waals surface area contributed by atoms with E-state index in [0.29, 0.717) is 13.2 Å². The Kier molecular flexibility index (Phi) is 28.4. The molecule has 0 aliphatic heterocycles. The van der Waals surface area contributed by atoms with E-state index >= 15 is 0 Å². The monoisotopic (exact) mass is 346 g/mol. The van der Waals surface area contributed by atoms with Crippen LogP contribution in [-0.2, 0) is 9.47 Å². The molecule has 4 nitrogen and oxygen atoms in total. The van der Waals surface area contributed by atoms with Gasteiger partial charge in [0.25, 0.3) is 10.3 Å². The fourth-order valence-electron chi connectivity index (χ4n) is 1.40. The van der Waals surface area contributed by atoms with Gasteiger partial charge in [-0.3, -0.25) is 0 Å². The van der Waals surface area contributed by atoms with Crippen LogP contribution in [0.2, 0.25) is 0 Å². The maximum atomic E-state index is 5.12. The molecule has 0 atom stereocenters. The summed E-state index contributed by atoms with van der Waals surface area (Å²) >= 11 is 9.06. The van der Waals surface area contributed by atoms with Gasteiger partial charge < -0.3 is 22.4 Å². The molecule has 0 fully saturated rings. The van der Waals surface area contributed by atoms with Crippen molar-refractivity contribution in [3.63, 3.8) is 0 Å². The van der Waals surface area contributed by atoms with Gasteiger partial charge in [0.1, 0.15) is 0 Å². The van der Waals surface area contributed by atoms with Gasteiger partial charge in [-0.25, -0.2) is 0 Å². The smallest absolute Gasteiger partial charge is 1.00 e. The standard InChI is InChI=1S/2C7H15NOS.Na.H/c2*1-2-3-4-5-6-9-7(8)10;;/h2*2-6H2,1H3,(H2,8,10);;/q;;+1;-1. The summed E-state index contributed by atoms with van der Waals surface area (Å²) in [6.45, 7) is 5.70. The molecular weight excluding hydrogens is 315 g/mol. The molecule has 0 aliphatic carbocycles. The number of unbranched alkanes of at least 4 members (excludes halogenated alkanes) is 6. The topological polar surface area (TPSA) is 70.5 Å². The molecule has 122 valence electrons. The number of rotatable bonds is 10. The second-order valence-corrected chi connectivity index (χ2v) is 5.26. The van der Waals surface area contributed by atoms with Gasteiger partial charge in [-0.05, 0) is 37.3 Å². The van der Waals surface area contributed by atoms with Crippen molar-refractivity contribution in [1.29, 1.82) is 0 Å². The largest absolute Gasteiger partial charge is 1.00 e. The van der Waals surface area contributed by atoms with Crippen molar-refractivity contribution in [2.75, 3.05) is 13.2 Å². The molecule has 0 unspecified atom stereocenters. The average molecular weight is 347 g/mol. The Hall–Kier alpha value is 0.380. The van der Waals surface area contributed by atoms with E-state index in [0.717, 1.165) is 12.8 Å². The van der Waals surface area contributed by atoms with Gasteiger partial charge in [0.2, 0.25) is 0 Å². The van der Waals surface area contributed by atoms with Crippen LogP contribution in [0, 0.1) is 0 Å². The Bertz CT molecular complexity index is 227. The van der Waals surface area contributed by atoms with E-state index in [4.69, 9.17) is 20.9 Å². The summed E-state index contributed by atoms with van der Waals surface area (Å²) in [5.41, 5.74) is 10.2. The molecule has 0 spiro atoms. The van der Waals surface area contributed by atoms with Gasteiger partial charge in [-0.2, -0.15) is 0 Å². The minimum absolute atomic E-state index is 0. The number of ether oxygens (including phenoxy) is 2. The van der Waals surface area contributed by atoms with Crippen LogP contribution >= 0.6 is 24.4 Å². The first-order valence-electron chi connectivity index (χ1n) is 7.39. The van der Waals surface area contributed by atoms with Gasteiger partial charge in [0.15, 0.2) is 0 Å². The number of thiocarbonyl (C=S) groups is 2. The third-order valence-electron chi connectivity index (χ3n) is 2.48. The molecule has 0 heterocycles. The molecule has 0 aromatic rings. The van der Waals surface area contributed by atoms with E-state index in [9.17, 15) is 0 Å². The van der Waals surface area contributed by atoms with Gasteiger partial charge in [-0.15, -0.1) is 0 Å². The summed E-state index contributed by atoms with van der Waals surface area (Å²) in [6, 6.07) is 0. The Balaban J connectivity index is -0.000000135. The molecule has 0 saturated carbocycles. The number of hydrogen-bond acceptors (Lipinski definition) is 4. The predicted octanol–water partition coefficient (Wildman–Crippen LogP) is 0.770. The first-order valence-corrected chi connectivity index (χ1v) is 8.20. The van der Waals surface area contributed by atoms with E-state index in [-0.39, 0.29) is 41.3 Å². The Morgan fingerprint density at radius 2 is 1.10 bits per heavy atom. The quantitative estimate of drug-likeness (QED) is 0.346. The van der Waals surface area contributed by atoms with E-state index in [1.54, 1.807) is 0 Å². The SMILES string of the molecule is CCCCCCOC(N)=S.CCCCCCOC(N)=S.[H-].[Na+]. The summed E-state index contributed by atoms with van der Waals surface area (Å²) < 4.78 is 9.80. The fraction of sp³-hybridized carbons (Fsp3) is 0.857.